The van der Waals surface area contributed by atoms with Crippen molar-refractivity contribution >= 4 is 29.1 Å². The van der Waals surface area contributed by atoms with Gasteiger partial charge in [0.1, 0.15) is 11.6 Å². The van der Waals surface area contributed by atoms with E-state index in [2.05, 4.69) is 10.5 Å². The molecular weight excluding hydrogens is 349 g/mol. The average Bonchev–Trinajstić information content (AvgIpc) is 3.00. The van der Waals surface area contributed by atoms with E-state index in [1.807, 2.05) is 11.1 Å². The van der Waals surface area contributed by atoms with Crippen molar-refractivity contribution in [1.82, 2.24) is 20.2 Å². The first-order valence-electron chi connectivity index (χ1n) is 7.59. The van der Waals surface area contributed by atoms with Crippen LogP contribution in [0.5, 0.6) is 0 Å². The summed E-state index contributed by atoms with van der Waals surface area (Å²) < 4.78 is 1.42. The van der Waals surface area contributed by atoms with Crippen molar-refractivity contribution in [3.8, 4) is 11.8 Å². The summed E-state index contributed by atoms with van der Waals surface area (Å²) in [6.45, 7) is 1.61. The van der Waals surface area contributed by atoms with Crippen LogP contribution in [-0.2, 0) is 0 Å². The molecule has 1 amide bonds. The standard InChI is InChI=1S/C16H15Cl2N5O/c17-12-4-5-14(13(18)8-12)23-10-11(9-19)15(20-23)16(24)21-22-6-2-1-3-7-22/h4-5,8,10H,1-3,6-7H2,(H,21,24). The lowest BCUT2D eigenvalue weighted by molar-refractivity contribution is 0.0744. The van der Waals surface area contributed by atoms with Gasteiger partial charge in [-0.1, -0.05) is 29.6 Å². The molecule has 0 unspecified atom stereocenters. The molecule has 1 aliphatic heterocycles. The number of aromatic nitrogens is 2. The third-order valence-electron chi connectivity index (χ3n) is 3.82. The van der Waals surface area contributed by atoms with E-state index < -0.39 is 5.91 Å². The lowest BCUT2D eigenvalue weighted by Gasteiger charge is -2.26. The summed E-state index contributed by atoms with van der Waals surface area (Å²) in [5.74, 6) is -0.391. The minimum atomic E-state index is -0.391. The second-order valence-corrected chi connectivity index (χ2v) is 6.38. The number of nitrogens with zero attached hydrogens (tertiary/aromatic N) is 4. The molecule has 2 heterocycles. The quantitative estimate of drug-likeness (QED) is 0.908. The van der Waals surface area contributed by atoms with Gasteiger partial charge in [-0.15, -0.1) is 0 Å². The van der Waals surface area contributed by atoms with E-state index in [9.17, 15) is 10.1 Å². The predicted molar refractivity (Wildman–Crippen MR) is 91.2 cm³/mol. The normalized spacial score (nSPS) is 15.0. The highest BCUT2D eigenvalue weighted by Gasteiger charge is 2.21. The molecule has 0 spiro atoms. The van der Waals surface area contributed by atoms with Crippen LogP contribution in [0.2, 0.25) is 10.0 Å². The first-order chi connectivity index (χ1) is 11.6. The molecule has 0 aliphatic carbocycles. The van der Waals surface area contributed by atoms with E-state index in [1.54, 1.807) is 18.2 Å². The Kier molecular flexibility index (Phi) is 5.05. The maximum atomic E-state index is 12.4. The van der Waals surface area contributed by atoms with Gasteiger partial charge in [0.15, 0.2) is 5.69 Å². The zero-order valence-electron chi connectivity index (χ0n) is 12.8. The number of carbonyl (C=O) groups excluding carboxylic acids is 1. The molecule has 8 heteroatoms. The maximum absolute atomic E-state index is 12.4. The Bertz CT molecular complexity index is 805. The van der Waals surface area contributed by atoms with Gasteiger partial charge < -0.3 is 0 Å². The highest BCUT2D eigenvalue weighted by molar-refractivity contribution is 6.35. The van der Waals surface area contributed by atoms with E-state index in [0.717, 1.165) is 25.9 Å². The summed E-state index contributed by atoms with van der Waals surface area (Å²) in [6, 6.07) is 6.94. The Morgan fingerprint density at radius 3 is 2.67 bits per heavy atom. The number of hydrazine groups is 1. The number of hydrogen-bond acceptors (Lipinski definition) is 4. The first kappa shape index (κ1) is 16.8. The fourth-order valence-corrected chi connectivity index (χ4v) is 3.11. The largest absolute Gasteiger partial charge is 0.287 e. The molecule has 24 heavy (non-hydrogen) atoms. The lowest BCUT2D eigenvalue weighted by atomic mass is 10.2. The van der Waals surface area contributed by atoms with Crippen LogP contribution in [0.4, 0.5) is 0 Å². The van der Waals surface area contributed by atoms with Gasteiger partial charge in [-0.05, 0) is 31.0 Å². The summed E-state index contributed by atoms with van der Waals surface area (Å²) in [6.07, 6.45) is 4.74. The summed E-state index contributed by atoms with van der Waals surface area (Å²) in [5.41, 5.74) is 3.63. The Balaban J connectivity index is 1.87. The number of rotatable bonds is 3. The summed E-state index contributed by atoms with van der Waals surface area (Å²) in [7, 11) is 0. The van der Waals surface area contributed by atoms with Crippen LogP contribution in [0.15, 0.2) is 24.4 Å². The number of nitrogens with one attached hydrogen (secondary N) is 1. The van der Waals surface area contributed by atoms with Crippen molar-refractivity contribution < 1.29 is 4.79 Å². The number of piperidine rings is 1. The second kappa shape index (κ2) is 7.22. The number of nitriles is 1. The number of hydrogen-bond donors (Lipinski definition) is 1. The van der Waals surface area contributed by atoms with Crippen molar-refractivity contribution in [3.05, 3.63) is 45.7 Å². The Morgan fingerprint density at radius 1 is 1.25 bits per heavy atom. The number of amides is 1. The molecule has 1 saturated heterocycles. The molecule has 1 aromatic heterocycles. The second-order valence-electron chi connectivity index (χ2n) is 5.53. The van der Waals surface area contributed by atoms with Gasteiger partial charge in [-0.25, -0.2) is 9.69 Å². The molecule has 1 aromatic carbocycles. The topological polar surface area (TPSA) is 73.9 Å². The number of benzene rings is 1. The number of carbonyl (C=O) groups is 1. The summed E-state index contributed by atoms with van der Waals surface area (Å²) in [4.78, 5) is 12.4. The van der Waals surface area contributed by atoms with Gasteiger partial charge in [-0.2, -0.15) is 10.4 Å². The molecule has 6 nitrogen and oxygen atoms in total. The minimum Gasteiger partial charge on any atom is -0.283 e. The van der Waals surface area contributed by atoms with Crippen molar-refractivity contribution in [2.24, 2.45) is 0 Å². The first-order valence-corrected chi connectivity index (χ1v) is 8.35. The third kappa shape index (κ3) is 3.54. The Labute approximate surface area is 149 Å². The van der Waals surface area contributed by atoms with Crippen LogP contribution in [-0.4, -0.2) is 33.8 Å². The van der Waals surface area contributed by atoms with Gasteiger partial charge in [0.2, 0.25) is 0 Å². The fourth-order valence-electron chi connectivity index (χ4n) is 2.62. The van der Waals surface area contributed by atoms with Gasteiger partial charge >= 0.3 is 0 Å². The van der Waals surface area contributed by atoms with Crippen molar-refractivity contribution in [2.75, 3.05) is 13.1 Å². The molecule has 0 bridgehead atoms. The zero-order valence-corrected chi connectivity index (χ0v) is 14.3. The monoisotopic (exact) mass is 363 g/mol. The molecule has 1 N–H and O–H groups in total. The van der Waals surface area contributed by atoms with Crippen LogP contribution >= 0.6 is 23.2 Å². The fraction of sp³-hybridized carbons (Fsp3) is 0.312. The SMILES string of the molecule is N#Cc1cn(-c2ccc(Cl)cc2Cl)nc1C(=O)NN1CCCCC1. The molecule has 0 radical (unpaired) electrons. The highest BCUT2D eigenvalue weighted by atomic mass is 35.5. The summed E-state index contributed by atoms with van der Waals surface area (Å²) >= 11 is 12.1. The van der Waals surface area contributed by atoms with Crippen molar-refractivity contribution in [2.45, 2.75) is 19.3 Å². The minimum absolute atomic E-state index is 0.0779. The molecule has 3 rings (SSSR count). The molecule has 1 aliphatic rings. The van der Waals surface area contributed by atoms with E-state index in [0.29, 0.717) is 15.7 Å². The van der Waals surface area contributed by atoms with Crippen LogP contribution in [0.1, 0.15) is 35.3 Å². The van der Waals surface area contributed by atoms with Crippen LogP contribution in [0.25, 0.3) is 5.69 Å². The van der Waals surface area contributed by atoms with E-state index in [4.69, 9.17) is 23.2 Å². The molecule has 2 aromatic rings. The van der Waals surface area contributed by atoms with E-state index in [-0.39, 0.29) is 11.3 Å². The van der Waals surface area contributed by atoms with Gasteiger partial charge in [-0.3, -0.25) is 10.2 Å². The van der Waals surface area contributed by atoms with Gasteiger partial charge in [0.25, 0.3) is 5.91 Å². The number of halogens is 2. The van der Waals surface area contributed by atoms with Crippen LogP contribution < -0.4 is 5.43 Å². The average molecular weight is 364 g/mol. The van der Waals surface area contributed by atoms with E-state index in [1.165, 1.54) is 17.3 Å². The zero-order chi connectivity index (χ0) is 17.1. The predicted octanol–water partition coefficient (Wildman–Crippen LogP) is 3.18. The molecular formula is C16H15Cl2N5O. The van der Waals surface area contributed by atoms with Gasteiger partial charge in [0, 0.05) is 24.3 Å². The third-order valence-corrected chi connectivity index (χ3v) is 4.36. The Morgan fingerprint density at radius 2 is 2.00 bits per heavy atom. The van der Waals surface area contributed by atoms with Crippen LogP contribution in [0, 0.1) is 11.3 Å². The van der Waals surface area contributed by atoms with Gasteiger partial charge in [0.05, 0.1) is 10.7 Å². The van der Waals surface area contributed by atoms with Crippen LogP contribution in [0.3, 0.4) is 0 Å². The molecule has 0 atom stereocenters. The smallest absolute Gasteiger partial charge is 0.283 e. The summed E-state index contributed by atoms with van der Waals surface area (Å²) in [5, 5.41) is 16.3. The van der Waals surface area contributed by atoms with E-state index >= 15 is 0 Å². The van der Waals surface area contributed by atoms with Crippen molar-refractivity contribution in [1.29, 1.82) is 5.26 Å². The molecule has 0 saturated carbocycles. The molecule has 1 fully saturated rings. The lowest BCUT2D eigenvalue weighted by Crippen LogP contribution is -2.45. The molecule has 124 valence electrons. The maximum Gasteiger partial charge on any atom is 0.287 e. The Hall–Kier alpha value is -2.07. The highest BCUT2D eigenvalue weighted by Crippen LogP contribution is 2.24. The van der Waals surface area contributed by atoms with Crippen molar-refractivity contribution in [3.63, 3.8) is 0 Å².